The second kappa shape index (κ2) is 6.32. The van der Waals surface area contributed by atoms with Gasteiger partial charge in [0.15, 0.2) is 0 Å². The molecule has 0 aromatic rings. The number of methoxy groups -OCH3 is 1. The highest BCUT2D eigenvalue weighted by molar-refractivity contribution is 4.77. The van der Waals surface area contributed by atoms with Gasteiger partial charge in [0.2, 0.25) is 0 Å². The molecule has 0 saturated heterocycles. The van der Waals surface area contributed by atoms with E-state index >= 15 is 0 Å². The minimum Gasteiger partial charge on any atom is -0.388 e. The fraction of sp³-hybridized carbons (Fsp3) is 1.00. The predicted octanol–water partition coefficient (Wildman–Crippen LogP) is -0.336. The molecule has 0 aliphatic heterocycles. The standard InChI is InChI=1S/C9H22N2O2/c1-4-11(5-6-13-3)8-9(2,12)7-10/h12H,4-8,10H2,1-3H3. The normalized spacial score (nSPS) is 16.2. The summed E-state index contributed by atoms with van der Waals surface area (Å²) in [5, 5.41) is 9.72. The Morgan fingerprint density at radius 1 is 1.54 bits per heavy atom. The summed E-state index contributed by atoms with van der Waals surface area (Å²) in [6.45, 7) is 7.13. The zero-order valence-corrected chi connectivity index (χ0v) is 8.92. The van der Waals surface area contributed by atoms with Gasteiger partial charge in [0.1, 0.15) is 0 Å². The predicted molar refractivity (Wildman–Crippen MR) is 53.7 cm³/mol. The number of aliphatic hydroxyl groups is 1. The second-order valence-corrected chi connectivity index (χ2v) is 3.56. The Hall–Kier alpha value is -0.160. The first-order valence-electron chi connectivity index (χ1n) is 4.69. The minimum atomic E-state index is -0.788. The van der Waals surface area contributed by atoms with Crippen molar-refractivity contribution in [3.8, 4) is 0 Å². The molecule has 0 rings (SSSR count). The molecule has 0 fully saturated rings. The number of likely N-dealkylation sites (N-methyl/N-ethyl adjacent to an activating group) is 1. The topological polar surface area (TPSA) is 58.7 Å². The van der Waals surface area contributed by atoms with Gasteiger partial charge in [-0.25, -0.2) is 0 Å². The third-order valence-corrected chi connectivity index (χ3v) is 2.06. The Labute approximate surface area is 80.7 Å². The highest BCUT2D eigenvalue weighted by Gasteiger charge is 2.20. The first-order valence-corrected chi connectivity index (χ1v) is 4.69. The Balaban J connectivity index is 3.82. The molecule has 0 radical (unpaired) electrons. The van der Waals surface area contributed by atoms with Crippen LogP contribution in [0.5, 0.6) is 0 Å². The molecule has 0 bridgehead atoms. The zero-order valence-electron chi connectivity index (χ0n) is 8.92. The van der Waals surface area contributed by atoms with Crippen molar-refractivity contribution < 1.29 is 9.84 Å². The van der Waals surface area contributed by atoms with E-state index in [1.54, 1.807) is 14.0 Å². The van der Waals surface area contributed by atoms with Crippen LogP contribution < -0.4 is 5.73 Å². The fourth-order valence-electron chi connectivity index (χ4n) is 1.12. The van der Waals surface area contributed by atoms with Crippen LogP contribution in [0.1, 0.15) is 13.8 Å². The zero-order chi connectivity index (χ0) is 10.3. The smallest absolute Gasteiger partial charge is 0.0867 e. The van der Waals surface area contributed by atoms with E-state index in [1.807, 2.05) is 0 Å². The number of nitrogens with zero attached hydrogens (tertiary/aromatic N) is 1. The molecular formula is C9H22N2O2. The number of rotatable bonds is 7. The van der Waals surface area contributed by atoms with Crippen LogP contribution in [-0.4, -0.2) is 55.5 Å². The molecule has 3 N–H and O–H groups in total. The SMILES string of the molecule is CCN(CCOC)CC(C)(O)CN. The van der Waals surface area contributed by atoms with Crippen LogP contribution in [0.15, 0.2) is 0 Å². The summed E-state index contributed by atoms with van der Waals surface area (Å²) >= 11 is 0. The lowest BCUT2D eigenvalue weighted by molar-refractivity contribution is 0.0215. The van der Waals surface area contributed by atoms with Crippen LogP contribution in [0.2, 0.25) is 0 Å². The number of ether oxygens (including phenoxy) is 1. The summed E-state index contributed by atoms with van der Waals surface area (Å²) in [4.78, 5) is 2.12. The molecule has 80 valence electrons. The molecule has 1 atom stereocenters. The molecular weight excluding hydrogens is 168 g/mol. The van der Waals surface area contributed by atoms with Crippen LogP contribution in [0, 0.1) is 0 Å². The lowest BCUT2D eigenvalue weighted by Crippen LogP contribution is -2.46. The molecule has 1 unspecified atom stereocenters. The van der Waals surface area contributed by atoms with Gasteiger partial charge in [-0.15, -0.1) is 0 Å². The van der Waals surface area contributed by atoms with Gasteiger partial charge in [-0.05, 0) is 13.5 Å². The van der Waals surface area contributed by atoms with E-state index < -0.39 is 5.60 Å². The molecule has 0 saturated carbocycles. The van der Waals surface area contributed by atoms with Crippen molar-refractivity contribution >= 4 is 0 Å². The monoisotopic (exact) mass is 190 g/mol. The summed E-state index contributed by atoms with van der Waals surface area (Å²) in [5.41, 5.74) is 4.64. The van der Waals surface area contributed by atoms with E-state index in [2.05, 4.69) is 11.8 Å². The molecule has 0 aromatic carbocycles. The van der Waals surface area contributed by atoms with Gasteiger partial charge in [0.05, 0.1) is 12.2 Å². The van der Waals surface area contributed by atoms with Gasteiger partial charge in [-0.1, -0.05) is 6.92 Å². The largest absolute Gasteiger partial charge is 0.388 e. The van der Waals surface area contributed by atoms with Crippen molar-refractivity contribution in [1.29, 1.82) is 0 Å². The molecule has 13 heavy (non-hydrogen) atoms. The van der Waals surface area contributed by atoms with Crippen LogP contribution >= 0.6 is 0 Å². The second-order valence-electron chi connectivity index (χ2n) is 3.56. The average molecular weight is 190 g/mol. The first-order chi connectivity index (χ1) is 6.05. The van der Waals surface area contributed by atoms with E-state index in [0.29, 0.717) is 13.2 Å². The van der Waals surface area contributed by atoms with Crippen LogP contribution in [0.3, 0.4) is 0 Å². The lowest BCUT2D eigenvalue weighted by Gasteiger charge is -2.29. The summed E-state index contributed by atoms with van der Waals surface area (Å²) in [5.74, 6) is 0. The molecule has 0 spiro atoms. The van der Waals surface area contributed by atoms with E-state index in [4.69, 9.17) is 10.5 Å². The highest BCUT2D eigenvalue weighted by Crippen LogP contribution is 2.03. The van der Waals surface area contributed by atoms with Gasteiger partial charge in [0.25, 0.3) is 0 Å². The van der Waals surface area contributed by atoms with Crippen molar-refractivity contribution in [2.24, 2.45) is 5.73 Å². The molecule has 0 heterocycles. The maximum absolute atomic E-state index is 9.72. The Bertz CT molecular complexity index is 129. The molecule has 0 amide bonds. The van der Waals surface area contributed by atoms with Crippen molar-refractivity contribution in [3.63, 3.8) is 0 Å². The molecule has 0 aliphatic rings. The highest BCUT2D eigenvalue weighted by atomic mass is 16.5. The van der Waals surface area contributed by atoms with E-state index in [0.717, 1.165) is 13.1 Å². The summed E-state index contributed by atoms with van der Waals surface area (Å²) in [6, 6.07) is 0. The quantitative estimate of drug-likeness (QED) is 0.577. The third kappa shape index (κ3) is 5.99. The van der Waals surface area contributed by atoms with Crippen molar-refractivity contribution in [2.75, 3.05) is 39.9 Å². The van der Waals surface area contributed by atoms with Crippen LogP contribution in [0.4, 0.5) is 0 Å². The van der Waals surface area contributed by atoms with E-state index in [-0.39, 0.29) is 6.54 Å². The Kier molecular flexibility index (Phi) is 6.24. The van der Waals surface area contributed by atoms with Crippen molar-refractivity contribution in [2.45, 2.75) is 19.4 Å². The number of hydrogen-bond acceptors (Lipinski definition) is 4. The van der Waals surface area contributed by atoms with Gasteiger partial charge < -0.3 is 15.6 Å². The van der Waals surface area contributed by atoms with E-state index in [9.17, 15) is 5.11 Å². The number of hydrogen-bond donors (Lipinski definition) is 2. The molecule has 4 nitrogen and oxygen atoms in total. The maximum atomic E-state index is 9.72. The average Bonchev–Trinajstić information content (AvgIpc) is 2.12. The van der Waals surface area contributed by atoms with Gasteiger partial charge in [0, 0.05) is 26.7 Å². The van der Waals surface area contributed by atoms with Gasteiger partial charge >= 0.3 is 0 Å². The Morgan fingerprint density at radius 3 is 2.54 bits per heavy atom. The van der Waals surface area contributed by atoms with Crippen LogP contribution in [-0.2, 0) is 4.74 Å². The Morgan fingerprint density at radius 2 is 2.15 bits per heavy atom. The van der Waals surface area contributed by atoms with Gasteiger partial charge in [-0.2, -0.15) is 0 Å². The summed E-state index contributed by atoms with van der Waals surface area (Å²) in [7, 11) is 1.68. The summed E-state index contributed by atoms with van der Waals surface area (Å²) < 4.78 is 4.97. The summed E-state index contributed by atoms with van der Waals surface area (Å²) in [6.07, 6.45) is 0. The third-order valence-electron chi connectivity index (χ3n) is 2.06. The van der Waals surface area contributed by atoms with Crippen LogP contribution in [0.25, 0.3) is 0 Å². The van der Waals surface area contributed by atoms with Gasteiger partial charge in [-0.3, -0.25) is 4.90 Å². The minimum absolute atomic E-state index is 0.288. The van der Waals surface area contributed by atoms with Crippen molar-refractivity contribution in [3.05, 3.63) is 0 Å². The molecule has 0 aliphatic carbocycles. The maximum Gasteiger partial charge on any atom is 0.0867 e. The molecule has 4 heteroatoms. The fourth-order valence-corrected chi connectivity index (χ4v) is 1.12. The first kappa shape index (κ1) is 12.8. The molecule has 0 aromatic heterocycles. The van der Waals surface area contributed by atoms with E-state index in [1.165, 1.54) is 0 Å². The van der Waals surface area contributed by atoms with Crippen molar-refractivity contribution in [1.82, 2.24) is 4.90 Å². The number of nitrogens with two attached hydrogens (primary N) is 1. The lowest BCUT2D eigenvalue weighted by atomic mass is 10.1.